The van der Waals surface area contributed by atoms with Gasteiger partial charge in [0.25, 0.3) is 0 Å². The number of aromatic nitrogens is 4. The second-order valence-corrected chi connectivity index (χ2v) is 6.37. The first-order valence-electron chi connectivity index (χ1n) is 8.18. The van der Waals surface area contributed by atoms with Gasteiger partial charge in [0.05, 0.1) is 44.8 Å². The zero-order chi connectivity index (χ0) is 16.4. The van der Waals surface area contributed by atoms with Gasteiger partial charge in [0, 0.05) is 18.9 Å². The minimum atomic E-state index is -0.434. The van der Waals surface area contributed by atoms with Crippen molar-refractivity contribution in [3.63, 3.8) is 0 Å². The van der Waals surface area contributed by atoms with Crippen molar-refractivity contribution in [3.8, 4) is 0 Å². The van der Waals surface area contributed by atoms with Crippen LogP contribution in [0.25, 0.3) is 0 Å². The number of rotatable bonds is 3. The summed E-state index contributed by atoms with van der Waals surface area (Å²) in [4.78, 5) is 10.2. The van der Waals surface area contributed by atoms with Gasteiger partial charge in [0.2, 0.25) is 5.95 Å². The minimum Gasteiger partial charge on any atom is -0.377 e. The SMILES string of the molecule is Fc1cnc(N2CCOC[C@]3(CC[C@@H](Cn4cccn4)O3)C2)nc1. The molecule has 2 aromatic heterocycles. The molecular formula is C16H20FN5O2. The Balaban J connectivity index is 1.47. The predicted molar refractivity (Wildman–Crippen MR) is 84.1 cm³/mol. The van der Waals surface area contributed by atoms with Crippen LogP contribution in [0.5, 0.6) is 0 Å². The average Bonchev–Trinajstić information content (AvgIpc) is 3.17. The second kappa shape index (κ2) is 6.45. The molecule has 4 rings (SSSR count). The molecule has 4 heterocycles. The highest BCUT2D eigenvalue weighted by Crippen LogP contribution is 2.34. The van der Waals surface area contributed by atoms with Crippen molar-refractivity contribution < 1.29 is 13.9 Å². The molecule has 2 saturated heterocycles. The molecule has 2 fully saturated rings. The summed E-state index contributed by atoms with van der Waals surface area (Å²) < 4.78 is 27.1. The smallest absolute Gasteiger partial charge is 0.225 e. The van der Waals surface area contributed by atoms with Gasteiger partial charge in [-0.15, -0.1) is 0 Å². The third-order valence-corrected chi connectivity index (χ3v) is 4.53. The lowest BCUT2D eigenvalue weighted by Crippen LogP contribution is -2.45. The van der Waals surface area contributed by atoms with Crippen LogP contribution in [0.1, 0.15) is 12.8 Å². The van der Waals surface area contributed by atoms with E-state index in [0.717, 1.165) is 19.4 Å². The summed E-state index contributed by atoms with van der Waals surface area (Å²) in [7, 11) is 0. The number of nitrogens with zero attached hydrogens (tertiary/aromatic N) is 5. The average molecular weight is 333 g/mol. The predicted octanol–water partition coefficient (Wildman–Crippen LogP) is 1.27. The summed E-state index contributed by atoms with van der Waals surface area (Å²) >= 11 is 0. The van der Waals surface area contributed by atoms with Gasteiger partial charge < -0.3 is 14.4 Å². The summed E-state index contributed by atoms with van der Waals surface area (Å²) in [6.45, 7) is 3.19. The topological polar surface area (TPSA) is 65.3 Å². The summed E-state index contributed by atoms with van der Waals surface area (Å²) in [5.41, 5.74) is -0.369. The van der Waals surface area contributed by atoms with E-state index in [0.29, 0.717) is 32.3 Å². The van der Waals surface area contributed by atoms with Crippen LogP contribution < -0.4 is 4.90 Å². The standard InChI is InChI=1S/C16H20FN5O2/c17-13-8-18-15(19-9-13)21-6-7-23-12-16(11-21)3-2-14(24-16)10-22-5-1-4-20-22/h1,4-5,8-9,14H,2-3,6-7,10-12H2/t14-,16-/m0/s1. The van der Waals surface area contributed by atoms with Gasteiger partial charge in [0.15, 0.2) is 5.82 Å². The Bertz CT molecular complexity index is 666. The maximum absolute atomic E-state index is 13.1. The van der Waals surface area contributed by atoms with Gasteiger partial charge in [-0.25, -0.2) is 14.4 Å². The molecule has 0 N–H and O–H groups in total. The number of hydrogen-bond donors (Lipinski definition) is 0. The molecule has 2 aromatic rings. The maximum Gasteiger partial charge on any atom is 0.225 e. The number of anilines is 1. The molecule has 0 amide bonds. The lowest BCUT2D eigenvalue weighted by atomic mass is 10.0. The fourth-order valence-corrected chi connectivity index (χ4v) is 3.41. The van der Waals surface area contributed by atoms with E-state index < -0.39 is 5.82 Å². The first kappa shape index (κ1) is 15.5. The zero-order valence-corrected chi connectivity index (χ0v) is 13.3. The molecule has 0 aromatic carbocycles. The van der Waals surface area contributed by atoms with Crippen LogP contribution in [0.2, 0.25) is 0 Å². The summed E-state index contributed by atoms with van der Waals surface area (Å²) in [6.07, 6.45) is 8.08. The Morgan fingerprint density at radius 3 is 3.00 bits per heavy atom. The van der Waals surface area contributed by atoms with Gasteiger partial charge in [-0.1, -0.05) is 0 Å². The molecule has 2 aliphatic heterocycles. The molecule has 0 aliphatic carbocycles. The molecule has 2 atom stereocenters. The first-order valence-corrected chi connectivity index (χ1v) is 8.18. The molecule has 1 spiro atoms. The van der Waals surface area contributed by atoms with Crippen LogP contribution in [0.15, 0.2) is 30.9 Å². The molecule has 0 unspecified atom stereocenters. The lowest BCUT2D eigenvalue weighted by molar-refractivity contribution is -0.0807. The van der Waals surface area contributed by atoms with Crippen molar-refractivity contribution in [2.45, 2.75) is 31.1 Å². The van der Waals surface area contributed by atoms with Gasteiger partial charge in [-0.05, 0) is 18.9 Å². The van der Waals surface area contributed by atoms with E-state index in [1.165, 1.54) is 12.4 Å². The quantitative estimate of drug-likeness (QED) is 0.843. The Kier molecular flexibility index (Phi) is 4.15. The molecular weight excluding hydrogens is 313 g/mol. The normalized spacial score (nSPS) is 27.5. The third-order valence-electron chi connectivity index (χ3n) is 4.53. The van der Waals surface area contributed by atoms with Crippen molar-refractivity contribution in [2.75, 3.05) is 31.2 Å². The van der Waals surface area contributed by atoms with E-state index in [1.807, 2.05) is 21.8 Å². The van der Waals surface area contributed by atoms with Crippen LogP contribution in [-0.4, -0.2) is 57.8 Å². The van der Waals surface area contributed by atoms with Crippen molar-refractivity contribution in [1.29, 1.82) is 0 Å². The van der Waals surface area contributed by atoms with Crippen LogP contribution >= 0.6 is 0 Å². The molecule has 0 radical (unpaired) electrons. The van der Waals surface area contributed by atoms with Gasteiger partial charge in [-0.3, -0.25) is 4.68 Å². The Hall–Kier alpha value is -2.06. The summed E-state index contributed by atoms with van der Waals surface area (Å²) in [5, 5.41) is 4.24. The van der Waals surface area contributed by atoms with Crippen LogP contribution in [0, 0.1) is 5.82 Å². The van der Waals surface area contributed by atoms with E-state index in [9.17, 15) is 4.39 Å². The molecule has 24 heavy (non-hydrogen) atoms. The molecule has 2 aliphatic rings. The molecule has 0 saturated carbocycles. The monoisotopic (exact) mass is 333 g/mol. The van der Waals surface area contributed by atoms with E-state index in [4.69, 9.17) is 9.47 Å². The molecule has 128 valence electrons. The van der Waals surface area contributed by atoms with Gasteiger partial charge in [0.1, 0.15) is 5.60 Å². The van der Waals surface area contributed by atoms with E-state index >= 15 is 0 Å². The largest absolute Gasteiger partial charge is 0.377 e. The minimum absolute atomic E-state index is 0.114. The van der Waals surface area contributed by atoms with E-state index in [1.54, 1.807) is 6.20 Å². The Labute approximate surface area is 139 Å². The summed E-state index contributed by atoms with van der Waals surface area (Å²) in [5.74, 6) is 0.0799. The van der Waals surface area contributed by atoms with Crippen molar-refractivity contribution in [1.82, 2.24) is 19.7 Å². The number of ether oxygens (including phenoxy) is 2. The Morgan fingerprint density at radius 1 is 1.33 bits per heavy atom. The van der Waals surface area contributed by atoms with Crippen molar-refractivity contribution >= 4 is 5.95 Å². The second-order valence-electron chi connectivity index (χ2n) is 6.37. The van der Waals surface area contributed by atoms with Crippen molar-refractivity contribution in [3.05, 3.63) is 36.7 Å². The lowest BCUT2D eigenvalue weighted by Gasteiger charge is -2.31. The Morgan fingerprint density at radius 2 is 2.21 bits per heavy atom. The van der Waals surface area contributed by atoms with Gasteiger partial charge >= 0.3 is 0 Å². The molecule has 7 nitrogen and oxygen atoms in total. The highest BCUT2D eigenvalue weighted by molar-refractivity contribution is 5.30. The molecule has 0 bridgehead atoms. The number of hydrogen-bond acceptors (Lipinski definition) is 6. The van der Waals surface area contributed by atoms with E-state index in [2.05, 4.69) is 15.1 Å². The van der Waals surface area contributed by atoms with Crippen LogP contribution in [-0.2, 0) is 16.0 Å². The highest BCUT2D eigenvalue weighted by Gasteiger charge is 2.43. The maximum atomic E-state index is 13.1. The third kappa shape index (κ3) is 3.25. The fraction of sp³-hybridized carbons (Fsp3) is 0.562. The highest BCUT2D eigenvalue weighted by atomic mass is 19.1. The van der Waals surface area contributed by atoms with Crippen molar-refractivity contribution in [2.24, 2.45) is 0 Å². The first-order chi connectivity index (χ1) is 11.7. The fourth-order valence-electron chi connectivity index (χ4n) is 3.41. The summed E-state index contributed by atoms with van der Waals surface area (Å²) in [6, 6.07) is 1.91. The molecule has 8 heteroatoms. The number of halogens is 1. The van der Waals surface area contributed by atoms with Crippen LogP contribution in [0.4, 0.5) is 10.3 Å². The zero-order valence-electron chi connectivity index (χ0n) is 13.3. The van der Waals surface area contributed by atoms with Gasteiger partial charge in [-0.2, -0.15) is 5.10 Å². The van der Waals surface area contributed by atoms with E-state index in [-0.39, 0.29) is 11.7 Å². The van der Waals surface area contributed by atoms with Crippen LogP contribution in [0.3, 0.4) is 0 Å².